The number of anilines is 2. The maximum Gasteiger partial charge on any atom is 0.230 e. The summed E-state index contributed by atoms with van der Waals surface area (Å²) in [4.78, 5) is 24.1. The smallest absolute Gasteiger partial charge is 0.230 e. The number of hydrogen-bond acceptors (Lipinski definition) is 9. The summed E-state index contributed by atoms with van der Waals surface area (Å²) in [7, 11) is 3.54. The first-order chi connectivity index (χ1) is 15.1. The van der Waals surface area contributed by atoms with Gasteiger partial charge in [0.1, 0.15) is 5.82 Å². The fourth-order valence-electron chi connectivity index (χ4n) is 4.67. The van der Waals surface area contributed by atoms with Gasteiger partial charge < -0.3 is 19.3 Å². The fourth-order valence-corrected chi connectivity index (χ4v) is 4.67. The van der Waals surface area contributed by atoms with Crippen molar-refractivity contribution in [1.29, 1.82) is 0 Å². The van der Waals surface area contributed by atoms with E-state index < -0.39 is 0 Å². The Hall–Kier alpha value is -1.55. The van der Waals surface area contributed by atoms with Crippen molar-refractivity contribution in [3.8, 4) is 0 Å². The van der Waals surface area contributed by atoms with E-state index in [1.165, 1.54) is 0 Å². The van der Waals surface area contributed by atoms with E-state index in [-0.39, 0.29) is 0 Å². The SMILES string of the molecule is CC[C@@H]1CN(c2nc(C)nc(N3CCN(CCOC)[C@@H](CC)C3)n2)CCN1CCOC. The summed E-state index contributed by atoms with van der Waals surface area (Å²) in [6.07, 6.45) is 2.22. The van der Waals surface area contributed by atoms with Crippen molar-refractivity contribution in [1.82, 2.24) is 24.8 Å². The lowest BCUT2D eigenvalue weighted by molar-refractivity contribution is 0.108. The highest BCUT2D eigenvalue weighted by molar-refractivity contribution is 5.40. The third-order valence-electron chi connectivity index (χ3n) is 6.61. The molecule has 2 atom stereocenters. The van der Waals surface area contributed by atoms with Gasteiger partial charge in [-0.2, -0.15) is 15.0 Å². The predicted octanol–water partition coefficient (Wildman–Crippen LogP) is 1.27. The van der Waals surface area contributed by atoms with Crippen molar-refractivity contribution in [2.75, 3.05) is 89.6 Å². The maximum absolute atomic E-state index is 5.29. The zero-order valence-corrected chi connectivity index (χ0v) is 20.1. The molecule has 1 aromatic rings. The molecule has 0 N–H and O–H groups in total. The Morgan fingerprint density at radius 1 is 0.742 bits per heavy atom. The van der Waals surface area contributed by atoms with Gasteiger partial charge in [0.2, 0.25) is 11.9 Å². The van der Waals surface area contributed by atoms with E-state index in [9.17, 15) is 0 Å². The highest BCUT2D eigenvalue weighted by atomic mass is 16.5. The van der Waals surface area contributed by atoms with Crippen molar-refractivity contribution < 1.29 is 9.47 Å². The molecule has 2 aliphatic rings. The standard InChI is InChI=1S/C22H41N7O2/c1-6-19-16-28(10-8-26(19)12-14-30-4)21-23-18(3)24-22(25-21)29-11-9-27(13-15-31-5)20(7-2)17-29/h19-20H,6-17H2,1-5H3/t19-,20+. The van der Waals surface area contributed by atoms with E-state index in [4.69, 9.17) is 24.4 Å². The number of nitrogens with zero attached hydrogens (tertiary/aromatic N) is 7. The molecule has 0 radical (unpaired) electrons. The van der Waals surface area contributed by atoms with Crippen LogP contribution >= 0.6 is 0 Å². The number of aromatic nitrogens is 3. The molecule has 3 rings (SSSR count). The Morgan fingerprint density at radius 2 is 1.19 bits per heavy atom. The normalized spacial score (nSPS) is 23.5. The first-order valence-corrected chi connectivity index (χ1v) is 11.8. The lowest BCUT2D eigenvalue weighted by Crippen LogP contribution is -2.55. The molecular weight excluding hydrogens is 394 g/mol. The van der Waals surface area contributed by atoms with Crippen LogP contribution in [0, 0.1) is 6.92 Å². The Bertz CT molecular complexity index is 625. The zero-order valence-electron chi connectivity index (χ0n) is 20.1. The number of hydrogen-bond donors (Lipinski definition) is 0. The predicted molar refractivity (Wildman–Crippen MR) is 124 cm³/mol. The molecule has 2 aliphatic heterocycles. The summed E-state index contributed by atoms with van der Waals surface area (Å²) in [6, 6.07) is 0.997. The van der Waals surface area contributed by atoms with Gasteiger partial charge in [0.05, 0.1) is 13.2 Å². The second-order valence-electron chi connectivity index (χ2n) is 8.56. The molecule has 0 aliphatic carbocycles. The van der Waals surface area contributed by atoms with Crippen LogP contribution in [0.25, 0.3) is 0 Å². The summed E-state index contributed by atoms with van der Waals surface area (Å²) >= 11 is 0. The van der Waals surface area contributed by atoms with Gasteiger partial charge in [0.25, 0.3) is 0 Å². The lowest BCUT2D eigenvalue weighted by atomic mass is 10.1. The molecule has 9 heteroatoms. The number of methoxy groups -OCH3 is 2. The molecule has 176 valence electrons. The minimum Gasteiger partial charge on any atom is -0.383 e. The first-order valence-electron chi connectivity index (χ1n) is 11.8. The Kier molecular flexibility index (Phi) is 9.25. The molecule has 2 saturated heterocycles. The Balaban J connectivity index is 1.69. The zero-order chi connectivity index (χ0) is 22.2. The molecule has 0 spiro atoms. The van der Waals surface area contributed by atoms with Gasteiger partial charge >= 0.3 is 0 Å². The van der Waals surface area contributed by atoms with Crippen LogP contribution in [0.4, 0.5) is 11.9 Å². The maximum atomic E-state index is 5.29. The van der Waals surface area contributed by atoms with Crippen molar-refractivity contribution in [2.24, 2.45) is 0 Å². The average molecular weight is 436 g/mol. The topological polar surface area (TPSA) is 70.1 Å². The van der Waals surface area contributed by atoms with Gasteiger partial charge in [-0.25, -0.2) is 0 Å². The second kappa shape index (κ2) is 11.9. The van der Waals surface area contributed by atoms with E-state index in [0.29, 0.717) is 12.1 Å². The monoisotopic (exact) mass is 435 g/mol. The molecule has 1 aromatic heterocycles. The van der Waals surface area contributed by atoms with E-state index in [1.54, 1.807) is 14.2 Å². The van der Waals surface area contributed by atoms with Crippen LogP contribution in [-0.4, -0.2) is 117 Å². The summed E-state index contributed by atoms with van der Waals surface area (Å²) in [5.74, 6) is 2.44. The number of rotatable bonds is 10. The highest BCUT2D eigenvalue weighted by Gasteiger charge is 2.30. The van der Waals surface area contributed by atoms with Crippen LogP contribution in [0.15, 0.2) is 0 Å². The van der Waals surface area contributed by atoms with Gasteiger partial charge in [-0.05, 0) is 19.8 Å². The van der Waals surface area contributed by atoms with Gasteiger partial charge in [0.15, 0.2) is 0 Å². The largest absolute Gasteiger partial charge is 0.383 e. The molecule has 0 saturated carbocycles. The van der Waals surface area contributed by atoms with Crippen molar-refractivity contribution in [3.05, 3.63) is 5.82 Å². The van der Waals surface area contributed by atoms with Crippen molar-refractivity contribution in [3.63, 3.8) is 0 Å². The molecular formula is C22H41N7O2. The molecule has 3 heterocycles. The van der Waals surface area contributed by atoms with Gasteiger partial charge in [-0.15, -0.1) is 0 Å². The molecule has 2 fully saturated rings. The second-order valence-corrected chi connectivity index (χ2v) is 8.56. The van der Waals surface area contributed by atoms with E-state index in [2.05, 4.69) is 33.4 Å². The van der Waals surface area contributed by atoms with Crippen LogP contribution in [0.5, 0.6) is 0 Å². The summed E-state index contributed by atoms with van der Waals surface area (Å²) < 4.78 is 10.6. The highest BCUT2D eigenvalue weighted by Crippen LogP contribution is 2.22. The third kappa shape index (κ3) is 6.25. The quantitative estimate of drug-likeness (QED) is 0.540. The molecule has 0 unspecified atom stereocenters. The molecule has 0 bridgehead atoms. The summed E-state index contributed by atoms with van der Waals surface area (Å²) in [5.41, 5.74) is 0. The van der Waals surface area contributed by atoms with Gasteiger partial charge in [-0.1, -0.05) is 13.8 Å². The molecule has 0 aromatic carbocycles. The Morgan fingerprint density at radius 3 is 1.58 bits per heavy atom. The summed E-state index contributed by atoms with van der Waals surface area (Å²) in [5, 5.41) is 0. The first kappa shape index (κ1) is 24.1. The van der Waals surface area contributed by atoms with E-state index in [0.717, 1.165) is 96.1 Å². The Labute approximate surface area is 187 Å². The average Bonchev–Trinajstić information content (AvgIpc) is 2.80. The number of aryl methyl sites for hydroxylation is 1. The van der Waals surface area contributed by atoms with Crippen molar-refractivity contribution >= 4 is 11.9 Å². The minimum atomic E-state index is 0.498. The van der Waals surface area contributed by atoms with Gasteiger partial charge in [-0.3, -0.25) is 9.80 Å². The lowest BCUT2D eigenvalue weighted by Gasteiger charge is -2.42. The van der Waals surface area contributed by atoms with Crippen LogP contribution in [0.2, 0.25) is 0 Å². The fraction of sp³-hybridized carbons (Fsp3) is 0.864. The molecule has 0 amide bonds. The van der Waals surface area contributed by atoms with Crippen LogP contribution in [-0.2, 0) is 9.47 Å². The minimum absolute atomic E-state index is 0.498. The van der Waals surface area contributed by atoms with Crippen LogP contribution < -0.4 is 9.80 Å². The van der Waals surface area contributed by atoms with E-state index in [1.807, 2.05) is 6.92 Å². The number of piperazine rings is 2. The van der Waals surface area contributed by atoms with E-state index >= 15 is 0 Å². The third-order valence-corrected chi connectivity index (χ3v) is 6.61. The van der Waals surface area contributed by atoms with Crippen LogP contribution in [0.3, 0.4) is 0 Å². The van der Waals surface area contributed by atoms with Gasteiger partial charge in [0, 0.05) is 78.7 Å². The molecule has 31 heavy (non-hydrogen) atoms. The van der Waals surface area contributed by atoms with Crippen LogP contribution in [0.1, 0.15) is 32.5 Å². The molecule has 9 nitrogen and oxygen atoms in total. The number of ether oxygens (including phenoxy) is 2. The van der Waals surface area contributed by atoms with Crippen molar-refractivity contribution in [2.45, 2.75) is 45.7 Å². The summed E-state index contributed by atoms with van der Waals surface area (Å²) in [6.45, 7) is 15.8.